The van der Waals surface area contributed by atoms with E-state index in [9.17, 15) is 24.6 Å². The van der Waals surface area contributed by atoms with Gasteiger partial charge in [-0.1, -0.05) is 56.5 Å². The number of carboxylic acids is 2. The van der Waals surface area contributed by atoms with E-state index in [0.717, 1.165) is 24.8 Å². The summed E-state index contributed by atoms with van der Waals surface area (Å²) in [6, 6.07) is 8.87. The molecular weight excluding hydrogens is 386 g/mol. The summed E-state index contributed by atoms with van der Waals surface area (Å²) in [7, 11) is 0. The summed E-state index contributed by atoms with van der Waals surface area (Å²) < 4.78 is 5.66. The SMILES string of the molecule is CCCC(CC1(C(=O)NC(COCc2ccccc2)CC(=O)O)CCCC1)C(=O)O. The molecule has 0 heterocycles. The van der Waals surface area contributed by atoms with Crippen LogP contribution in [0.15, 0.2) is 30.3 Å². The molecule has 1 fully saturated rings. The van der Waals surface area contributed by atoms with Gasteiger partial charge in [-0.15, -0.1) is 0 Å². The monoisotopic (exact) mass is 419 g/mol. The second-order valence-corrected chi connectivity index (χ2v) is 8.28. The lowest BCUT2D eigenvalue weighted by atomic mass is 9.75. The Morgan fingerprint density at radius 3 is 2.37 bits per heavy atom. The fraction of sp³-hybridized carbons (Fsp3) is 0.609. The number of carbonyl (C=O) groups excluding carboxylic acids is 1. The maximum Gasteiger partial charge on any atom is 0.306 e. The molecule has 166 valence electrons. The van der Waals surface area contributed by atoms with Gasteiger partial charge in [0, 0.05) is 0 Å². The second-order valence-electron chi connectivity index (χ2n) is 8.28. The molecule has 3 N–H and O–H groups in total. The number of aliphatic carboxylic acids is 2. The Balaban J connectivity index is 2.03. The first-order chi connectivity index (χ1) is 14.4. The molecule has 0 aromatic heterocycles. The average molecular weight is 420 g/mol. The molecule has 0 aliphatic heterocycles. The van der Waals surface area contributed by atoms with Crippen LogP contribution in [-0.4, -0.2) is 40.7 Å². The van der Waals surface area contributed by atoms with Gasteiger partial charge in [-0.05, 0) is 31.2 Å². The molecule has 1 amide bonds. The maximum absolute atomic E-state index is 13.2. The van der Waals surface area contributed by atoms with E-state index >= 15 is 0 Å². The number of ether oxygens (including phenoxy) is 1. The van der Waals surface area contributed by atoms with Crippen molar-refractivity contribution >= 4 is 17.8 Å². The minimum absolute atomic E-state index is 0.0837. The number of nitrogens with one attached hydrogen (secondary N) is 1. The van der Waals surface area contributed by atoms with Crippen LogP contribution < -0.4 is 5.32 Å². The molecule has 0 saturated heterocycles. The Morgan fingerprint density at radius 2 is 1.80 bits per heavy atom. The zero-order chi connectivity index (χ0) is 22.0. The Morgan fingerprint density at radius 1 is 1.13 bits per heavy atom. The third-order valence-corrected chi connectivity index (χ3v) is 5.85. The number of rotatable bonds is 13. The van der Waals surface area contributed by atoms with E-state index in [1.807, 2.05) is 37.3 Å². The normalized spacial score (nSPS) is 17.2. The summed E-state index contributed by atoms with van der Waals surface area (Å²) in [6.07, 6.45) is 4.35. The van der Waals surface area contributed by atoms with Crippen molar-refractivity contribution in [2.45, 2.75) is 70.9 Å². The number of hydrogen-bond donors (Lipinski definition) is 3. The number of hydrogen-bond acceptors (Lipinski definition) is 4. The summed E-state index contributed by atoms with van der Waals surface area (Å²) in [4.78, 5) is 36.2. The van der Waals surface area contributed by atoms with Crippen molar-refractivity contribution in [3.63, 3.8) is 0 Å². The molecule has 30 heavy (non-hydrogen) atoms. The molecule has 0 bridgehead atoms. The highest BCUT2D eigenvalue weighted by molar-refractivity contribution is 5.84. The smallest absolute Gasteiger partial charge is 0.306 e. The molecule has 0 spiro atoms. The summed E-state index contributed by atoms with van der Waals surface area (Å²) in [5.74, 6) is -2.69. The molecule has 2 rings (SSSR count). The van der Waals surface area contributed by atoms with Gasteiger partial charge in [0.1, 0.15) is 0 Å². The van der Waals surface area contributed by atoms with Gasteiger partial charge in [0.25, 0.3) is 0 Å². The molecular formula is C23H33NO6. The highest BCUT2D eigenvalue weighted by atomic mass is 16.5. The molecule has 1 saturated carbocycles. The van der Waals surface area contributed by atoms with Crippen LogP contribution >= 0.6 is 0 Å². The van der Waals surface area contributed by atoms with E-state index in [0.29, 0.717) is 32.3 Å². The predicted molar refractivity (Wildman–Crippen MR) is 112 cm³/mol. The molecule has 1 aliphatic carbocycles. The summed E-state index contributed by atoms with van der Waals surface area (Å²) in [5, 5.41) is 21.7. The molecule has 2 atom stereocenters. The van der Waals surface area contributed by atoms with Crippen LogP contribution in [0.1, 0.15) is 63.9 Å². The Hall–Kier alpha value is -2.41. The predicted octanol–water partition coefficient (Wildman–Crippen LogP) is 3.61. The van der Waals surface area contributed by atoms with Gasteiger partial charge in [0.05, 0.1) is 37.0 Å². The van der Waals surface area contributed by atoms with E-state index in [1.54, 1.807) is 0 Å². The van der Waals surface area contributed by atoms with E-state index in [4.69, 9.17) is 4.74 Å². The van der Waals surface area contributed by atoms with Gasteiger partial charge < -0.3 is 20.3 Å². The van der Waals surface area contributed by atoms with Crippen molar-refractivity contribution in [2.75, 3.05) is 6.61 Å². The first kappa shape index (κ1) is 23.9. The first-order valence-corrected chi connectivity index (χ1v) is 10.7. The third-order valence-electron chi connectivity index (χ3n) is 5.85. The minimum atomic E-state index is -1.02. The molecule has 1 aromatic carbocycles. The number of amides is 1. The van der Waals surface area contributed by atoms with Gasteiger partial charge in [-0.3, -0.25) is 14.4 Å². The third kappa shape index (κ3) is 7.13. The summed E-state index contributed by atoms with van der Waals surface area (Å²) in [5.41, 5.74) is 0.225. The van der Waals surface area contributed by atoms with Crippen molar-refractivity contribution < 1.29 is 29.3 Å². The van der Waals surface area contributed by atoms with Crippen LogP contribution in [0.2, 0.25) is 0 Å². The Labute approximate surface area is 177 Å². The standard InChI is InChI=1S/C23H33NO6/c1-2-8-18(21(27)28)14-23(11-6-7-12-23)22(29)24-19(13-20(25)26)16-30-15-17-9-4-3-5-10-17/h3-5,9-10,18-19H,2,6-8,11-16H2,1H3,(H,24,29)(H,25,26)(H,27,28). The van der Waals surface area contributed by atoms with Gasteiger partial charge >= 0.3 is 11.9 Å². The fourth-order valence-corrected chi connectivity index (χ4v) is 4.30. The number of carboxylic acid groups (broad SMARTS) is 2. The fourth-order valence-electron chi connectivity index (χ4n) is 4.30. The van der Waals surface area contributed by atoms with Crippen molar-refractivity contribution in [3.8, 4) is 0 Å². The largest absolute Gasteiger partial charge is 0.481 e. The first-order valence-electron chi connectivity index (χ1n) is 10.7. The maximum atomic E-state index is 13.2. The van der Waals surface area contributed by atoms with E-state index in [2.05, 4.69) is 5.32 Å². The Bertz CT molecular complexity index is 699. The quantitative estimate of drug-likeness (QED) is 0.450. The van der Waals surface area contributed by atoms with Crippen LogP contribution in [0, 0.1) is 11.3 Å². The van der Waals surface area contributed by atoms with E-state index in [-0.39, 0.29) is 18.9 Å². The van der Waals surface area contributed by atoms with Crippen LogP contribution in [-0.2, 0) is 25.7 Å². The number of carbonyl (C=O) groups is 3. The highest BCUT2D eigenvalue weighted by Crippen LogP contribution is 2.44. The molecule has 0 radical (unpaired) electrons. The molecule has 1 aromatic rings. The summed E-state index contributed by atoms with van der Waals surface area (Å²) in [6.45, 7) is 2.35. The lowest BCUT2D eigenvalue weighted by molar-refractivity contribution is -0.144. The molecule has 7 heteroatoms. The van der Waals surface area contributed by atoms with Crippen LogP contribution in [0.4, 0.5) is 0 Å². The average Bonchev–Trinajstić information content (AvgIpc) is 3.18. The van der Waals surface area contributed by atoms with Crippen molar-refractivity contribution in [3.05, 3.63) is 35.9 Å². The Kier molecular flexibility index (Phi) is 9.30. The van der Waals surface area contributed by atoms with Gasteiger partial charge in [0.2, 0.25) is 5.91 Å². The van der Waals surface area contributed by atoms with E-state index < -0.39 is 29.3 Å². The van der Waals surface area contributed by atoms with Crippen LogP contribution in [0.5, 0.6) is 0 Å². The van der Waals surface area contributed by atoms with Crippen molar-refractivity contribution in [1.29, 1.82) is 0 Å². The van der Waals surface area contributed by atoms with Gasteiger partial charge in [-0.2, -0.15) is 0 Å². The van der Waals surface area contributed by atoms with Crippen molar-refractivity contribution in [2.24, 2.45) is 11.3 Å². The van der Waals surface area contributed by atoms with Crippen molar-refractivity contribution in [1.82, 2.24) is 5.32 Å². The van der Waals surface area contributed by atoms with Crippen LogP contribution in [0.25, 0.3) is 0 Å². The zero-order valence-corrected chi connectivity index (χ0v) is 17.6. The van der Waals surface area contributed by atoms with Gasteiger partial charge in [0.15, 0.2) is 0 Å². The molecule has 1 aliphatic rings. The topological polar surface area (TPSA) is 113 Å². The zero-order valence-electron chi connectivity index (χ0n) is 17.6. The van der Waals surface area contributed by atoms with E-state index in [1.165, 1.54) is 0 Å². The van der Waals surface area contributed by atoms with Gasteiger partial charge in [-0.25, -0.2) is 0 Å². The lowest BCUT2D eigenvalue weighted by Crippen LogP contribution is -2.48. The van der Waals surface area contributed by atoms with Crippen LogP contribution in [0.3, 0.4) is 0 Å². The molecule has 7 nitrogen and oxygen atoms in total. The second kappa shape index (κ2) is 11.7. The molecule has 2 unspecified atom stereocenters. The number of benzene rings is 1. The highest BCUT2D eigenvalue weighted by Gasteiger charge is 2.44. The minimum Gasteiger partial charge on any atom is -0.481 e. The summed E-state index contributed by atoms with van der Waals surface area (Å²) >= 11 is 0. The lowest BCUT2D eigenvalue weighted by Gasteiger charge is -2.32.